The second kappa shape index (κ2) is 6.39. The van der Waals surface area contributed by atoms with Crippen LogP contribution in [-0.2, 0) is 14.5 Å². The summed E-state index contributed by atoms with van der Waals surface area (Å²) in [6.07, 6.45) is 0.364. The van der Waals surface area contributed by atoms with E-state index in [1.807, 2.05) is 13.8 Å². The molecule has 0 bridgehead atoms. The fourth-order valence-corrected chi connectivity index (χ4v) is 4.19. The van der Waals surface area contributed by atoms with Gasteiger partial charge in [0.2, 0.25) is 0 Å². The van der Waals surface area contributed by atoms with Crippen molar-refractivity contribution in [3.8, 4) is 0 Å². The van der Waals surface area contributed by atoms with Gasteiger partial charge in [-0.1, -0.05) is 19.9 Å². The summed E-state index contributed by atoms with van der Waals surface area (Å²) >= 11 is 1.27. The molecule has 1 heterocycles. The van der Waals surface area contributed by atoms with Crippen molar-refractivity contribution < 1.29 is 9.00 Å². The Balaban J connectivity index is 0.00000256. The molecule has 0 aromatic carbocycles. The monoisotopic (exact) mass is 296 g/mol. The van der Waals surface area contributed by atoms with Crippen molar-refractivity contribution in [3.63, 3.8) is 0 Å². The summed E-state index contributed by atoms with van der Waals surface area (Å²) in [5.74, 6) is -0.485. The molecule has 1 rings (SSSR count). The molecule has 0 aliphatic rings. The Kier molecular flexibility index (Phi) is 6.18. The Bertz CT molecular complexity index is 488. The van der Waals surface area contributed by atoms with Crippen LogP contribution in [0, 0.1) is 5.92 Å². The van der Waals surface area contributed by atoms with Crippen LogP contribution in [0.2, 0.25) is 0 Å². The summed E-state index contributed by atoms with van der Waals surface area (Å²) in [5, 5.41) is 7.55. The summed E-state index contributed by atoms with van der Waals surface area (Å²) in [7, 11) is -2.94. The minimum Gasteiger partial charge on any atom is -0.365 e. The molecule has 0 saturated carbocycles. The molecule has 0 saturated heterocycles. The zero-order valence-corrected chi connectivity index (χ0v) is 12.2. The average molecular weight is 297 g/mol. The number of thiophene rings is 1. The molecular formula is C10H17ClN2O2S2. The lowest BCUT2D eigenvalue weighted by Gasteiger charge is -2.11. The molecule has 0 radical (unpaired) electrons. The van der Waals surface area contributed by atoms with E-state index in [-0.39, 0.29) is 23.2 Å². The first-order valence-electron chi connectivity index (χ1n) is 4.87. The molecule has 17 heavy (non-hydrogen) atoms. The first-order valence-corrected chi connectivity index (χ1v) is 7.37. The number of carbonyl (C=O) groups is 1. The molecule has 1 atom stereocenters. The summed E-state index contributed by atoms with van der Waals surface area (Å²) in [5.41, 5.74) is 5.25. The third-order valence-corrected chi connectivity index (χ3v) is 5.56. The molecule has 4 nitrogen and oxygen atoms in total. The molecule has 0 spiro atoms. The standard InChI is InChI=1S/C10H16N2O2S2.ClH/c1-7(2)6-8(10(11)13)16(12,14)9-4-3-5-15-9;/h3-5,7H,6H2,1-2H3,(H2,11,13)(H2,12,14);1H. The van der Waals surface area contributed by atoms with Gasteiger partial charge in [0.15, 0.2) is 0 Å². The fourth-order valence-electron chi connectivity index (χ4n) is 1.30. The highest BCUT2D eigenvalue weighted by Crippen LogP contribution is 2.17. The van der Waals surface area contributed by atoms with Gasteiger partial charge in [-0.3, -0.25) is 9.93 Å². The molecular weight excluding hydrogens is 280 g/mol. The Morgan fingerprint density at radius 1 is 1.53 bits per heavy atom. The smallest absolute Gasteiger partial charge is 0.254 e. The molecule has 7 heteroatoms. The molecule has 1 amide bonds. The predicted molar refractivity (Wildman–Crippen MR) is 75.8 cm³/mol. The zero-order valence-electron chi connectivity index (χ0n) is 9.71. The van der Waals surface area contributed by atoms with E-state index in [1.165, 1.54) is 11.3 Å². The second-order valence-electron chi connectivity index (χ2n) is 3.92. The normalized spacial score (nSPS) is 13.9. The number of amides is 1. The van der Waals surface area contributed by atoms with E-state index >= 15 is 0 Å². The Hall–Kier alpha value is -0.560. The van der Waals surface area contributed by atoms with E-state index in [0.717, 1.165) is 0 Å². The molecule has 98 valence electrons. The molecule has 1 aromatic heterocycles. The van der Waals surface area contributed by atoms with Crippen molar-refractivity contribution in [1.29, 1.82) is 0 Å². The zero-order chi connectivity index (χ0) is 12.3. The molecule has 4 N–H and O–H groups in total. The molecule has 1 unspecified atom stereocenters. The largest absolute Gasteiger partial charge is 0.365 e. The Labute approximate surface area is 112 Å². The van der Waals surface area contributed by atoms with Gasteiger partial charge in [0.25, 0.3) is 5.91 Å². The lowest BCUT2D eigenvalue weighted by molar-refractivity contribution is -0.111. The number of carbonyl (C=O) groups excluding carboxylic acids is 1. The van der Waals surface area contributed by atoms with Gasteiger partial charge in [0.1, 0.15) is 0 Å². The minimum absolute atomic E-state index is 0. The van der Waals surface area contributed by atoms with Gasteiger partial charge in [0, 0.05) is 0 Å². The lowest BCUT2D eigenvalue weighted by atomic mass is 10.1. The molecule has 0 aliphatic heterocycles. The number of rotatable bonds is 4. The van der Waals surface area contributed by atoms with Gasteiger partial charge >= 0.3 is 0 Å². The van der Waals surface area contributed by atoms with Crippen molar-refractivity contribution >= 4 is 44.2 Å². The van der Waals surface area contributed by atoms with Gasteiger partial charge in [-0.25, -0.2) is 4.21 Å². The summed E-state index contributed by atoms with van der Waals surface area (Å²) in [4.78, 5) is 11.4. The maximum atomic E-state index is 12.4. The van der Waals surface area contributed by atoms with Crippen molar-refractivity contribution in [2.75, 3.05) is 0 Å². The van der Waals surface area contributed by atoms with Crippen molar-refractivity contribution in [1.82, 2.24) is 0 Å². The summed E-state index contributed by atoms with van der Waals surface area (Å²) in [6.45, 7) is 3.85. The van der Waals surface area contributed by atoms with E-state index in [1.54, 1.807) is 17.5 Å². The van der Waals surface area contributed by atoms with E-state index in [9.17, 15) is 9.00 Å². The van der Waals surface area contributed by atoms with Gasteiger partial charge in [-0.2, -0.15) is 0 Å². The Morgan fingerprint density at radius 2 is 2.12 bits per heavy atom. The van der Waals surface area contributed by atoms with Crippen LogP contribution in [0.5, 0.6) is 0 Å². The van der Waals surface area contributed by atoms with Gasteiger partial charge in [0.05, 0.1) is 18.8 Å². The minimum atomic E-state index is -2.94. The Morgan fingerprint density at radius 3 is 2.47 bits per heavy atom. The van der Waals surface area contributed by atoms with Gasteiger partial charge in [-0.05, 0) is 23.8 Å². The van der Waals surface area contributed by atoms with Crippen molar-refractivity contribution in [2.45, 2.75) is 24.5 Å². The quantitative estimate of drug-likeness (QED) is 0.823. The molecule has 0 fully saturated rings. The van der Waals surface area contributed by atoms with Crippen LogP contribution in [0.1, 0.15) is 20.3 Å². The molecule has 1 aromatic rings. The highest BCUT2D eigenvalue weighted by molar-refractivity contribution is 8.03. The van der Waals surface area contributed by atoms with Crippen LogP contribution in [0.15, 0.2) is 21.7 Å². The lowest BCUT2D eigenvalue weighted by Crippen LogP contribution is -2.34. The summed E-state index contributed by atoms with van der Waals surface area (Å²) < 4.78 is 12.9. The SMILES string of the molecule is CC(C)CC(C(N)=O)=S(N)(=O)c1cccs1.Cl. The van der Waals surface area contributed by atoms with Crippen molar-refractivity contribution in [2.24, 2.45) is 16.8 Å². The summed E-state index contributed by atoms with van der Waals surface area (Å²) in [6, 6.07) is 3.41. The second-order valence-corrected chi connectivity index (χ2v) is 7.26. The van der Waals surface area contributed by atoms with Crippen LogP contribution in [0.3, 0.4) is 0 Å². The van der Waals surface area contributed by atoms with Crippen LogP contribution in [-0.4, -0.2) is 15.0 Å². The highest BCUT2D eigenvalue weighted by atomic mass is 35.5. The van der Waals surface area contributed by atoms with E-state index in [4.69, 9.17) is 10.9 Å². The number of nitrogens with two attached hydrogens (primary N) is 2. The number of hydrogen-bond acceptors (Lipinski definition) is 3. The first-order chi connectivity index (χ1) is 7.35. The van der Waals surface area contributed by atoms with Crippen LogP contribution in [0.25, 0.3) is 0 Å². The third kappa shape index (κ3) is 3.99. The van der Waals surface area contributed by atoms with E-state index in [2.05, 4.69) is 0 Å². The van der Waals surface area contributed by atoms with E-state index in [0.29, 0.717) is 10.6 Å². The van der Waals surface area contributed by atoms with Crippen LogP contribution >= 0.6 is 23.7 Å². The van der Waals surface area contributed by atoms with Gasteiger partial charge in [-0.15, -0.1) is 23.7 Å². The highest BCUT2D eigenvalue weighted by Gasteiger charge is 2.20. The topological polar surface area (TPSA) is 86.2 Å². The first kappa shape index (κ1) is 16.4. The maximum absolute atomic E-state index is 12.4. The van der Waals surface area contributed by atoms with Crippen LogP contribution in [0.4, 0.5) is 0 Å². The number of halogens is 1. The third-order valence-electron chi connectivity index (χ3n) is 2.03. The predicted octanol–water partition coefficient (Wildman–Crippen LogP) is 1.39. The van der Waals surface area contributed by atoms with E-state index < -0.39 is 15.6 Å². The maximum Gasteiger partial charge on any atom is 0.254 e. The number of primary amides is 1. The van der Waals surface area contributed by atoms with Gasteiger partial charge < -0.3 is 5.73 Å². The molecule has 0 aliphatic carbocycles. The average Bonchev–Trinajstić information content (AvgIpc) is 2.66. The van der Waals surface area contributed by atoms with Crippen LogP contribution < -0.4 is 10.9 Å². The van der Waals surface area contributed by atoms with Crippen molar-refractivity contribution in [3.05, 3.63) is 17.5 Å². The fraction of sp³-hybridized carbons (Fsp3) is 0.400. The number of hydrogen-bond donors (Lipinski definition) is 2.